The van der Waals surface area contributed by atoms with Crippen molar-refractivity contribution in [3.05, 3.63) is 34.3 Å². The van der Waals surface area contributed by atoms with Crippen molar-refractivity contribution < 1.29 is 4.42 Å². The van der Waals surface area contributed by atoms with Crippen LogP contribution < -0.4 is 11.1 Å². The first-order valence-electron chi connectivity index (χ1n) is 5.50. The number of rotatable bonds is 4. The standard InChI is InChI=1S/C12H16N2O2/c1-8(2)13-6-5-9-3-4-10-11(7-9)16-12(15)14-10/h3-4,7-8,13H,5-6H2,1-2H3,(H,14,15). The first-order valence-corrected chi connectivity index (χ1v) is 5.50. The van der Waals surface area contributed by atoms with Gasteiger partial charge in [-0.2, -0.15) is 0 Å². The average molecular weight is 220 g/mol. The Labute approximate surface area is 93.7 Å². The number of aromatic nitrogens is 1. The number of hydrogen-bond acceptors (Lipinski definition) is 3. The maximum Gasteiger partial charge on any atom is 0.417 e. The number of fused-ring (bicyclic) bond motifs is 1. The lowest BCUT2D eigenvalue weighted by Crippen LogP contribution is -2.24. The van der Waals surface area contributed by atoms with Gasteiger partial charge in [-0.3, -0.25) is 4.98 Å². The van der Waals surface area contributed by atoms with Gasteiger partial charge in [0.2, 0.25) is 0 Å². The molecule has 1 aromatic carbocycles. The fraction of sp³-hybridized carbons (Fsp3) is 0.417. The van der Waals surface area contributed by atoms with Crippen LogP contribution in [0.15, 0.2) is 27.4 Å². The molecule has 0 saturated heterocycles. The minimum absolute atomic E-state index is 0.396. The van der Waals surface area contributed by atoms with E-state index < -0.39 is 5.76 Å². The van der Waals surface area contributed by atoms with Crippen LogP contribution >= 0.6 is 0 Å². The molecule has 2 aromatic rings. The Kier molecular flexibility index (Phi) is 3.10. The van der Waals surface area contributed by atoms with Gasteiger partial charge < -0.3 is 9.73 Å². The van der Waals surface area contributed by atoms with Crippen molar-refractivity contribution in [1.29, 1.82) is 0 Å². The van der Waals surface area contributed by atoms with E-state index in [1.807, 2.05) is 18.2 Å². The summed E-state index contributed by atoms with van der Waals surface area (Å²) >= 11 is 0. The molecule has 4 heteroatoms. The van der Waals surface area contributed by atoms with Gasteiger partial charge in [-0.25, -0.2) is 4.79 Å². The lowest BCUT2D eigenvalue weighted by atomic mass is 10.1. The highest BCUT2D eigenvalue weighted by molar-refractivity contribution is 5.72. The molecule has 86 valence electrons. The molecule has 0 aliphatic carbocycles. The molecular formula is C12H16N2O2. The van der Waals surface area contributed by atoms with Gasteiger partial charge in [0.1, 0.15) is 0 Å². The molecule has 0 aliphatic rings. The van der Waals surface area contributed by atoms with Crippen molar-refractivity contribution in [3.63, 3.8) is 0 Å². The second-order valence-electron chi connectivity index (χ2n) is 4.20. The van der Waals surface area contributed by atoms with Crippen LogP contribution in [0.25, 0.3) is 11.1 Å². The van der Waals surface area contributed by atoms with E-state index in [1.165, 1.54) is 5.56 Å². The Hall–Kier alpha value is -1.55. The normalized spacial score (nSPS) is 11.4. The van der Waals surface area contributed by atoms with E-state index in [9.17, 15) is 4.79 Å². The number of oxazole rings is 1. The van der Waals surface area contributed by atoms with Gasteiger partial charge in [-0.05, 0) is 30.7 Å². The molecule has 1 aromatic heterocycles. The average Bonchev–Trinajstić information content (AvgIpc) is 2.56. The topological polar surface area (TPSA) is 58.0 Å². The maximum atomic E-state index is 11.0. The second kappa shape index (κ2) is 4.53. The van der Waals surface area contributed by atoms with Crippen LogP contribution in [0.4, 0.5) is 0 Å². The molecule has 2 N–H and O–H groups in total. The van der Waals surface area contributed by atoms with Crippen LogP contribution in [0.3, 0.4) is 0 Å². The van der Waals surface area contributed by atoms with E-state index in [0.29, 0.717) is 11.6 Å². The van der Waals surface area contributed by atoms with Gasteiger partial charge in [-0.1, -0.05) is 19.9 Å². The fourth-order valence-electron chi connectivity index (χ4n) is 1.65. The Morgan fingerprint density at radius 1 is 1.44 bits per heavy atom. The number of hydrogen-bond donors (Lipinski definition) is 2. The summed E-state index contributed by atoms with van der Waals surface area (Å²) in [4.78, 5) is 13.6. The molecule has 0 atom stereocenters. The zero-order chi connectivity index (χ0) is 11.5. The van der Waals surface area contributed by atoms with E-state index in [0.717, 1.165) is 18.5 Å². The molecule has 0 aliphatic heterocycles. The molecular weight excluding hydrogens is 204 g/mol. The third-order valence-electron chi connectivity index (χ3n) is 2.45. The highest BCUT2D eigenvalue weighted by atomic mass is 16.4. The Morgan fingerprint density at radius 3 is 3.00 bits per heavy atom. The van der Waals surface area contributed by atoms with Crippen LogP contribution in [0.1, 0.15) is 19.4 Å². The molecule has 0 spiro atoms. The van der Waals surface area contributed by atoms with Crippen molar-refractivity contribution >= 4 is 11.1 Å². The van der Waals surface area contributed by atoms with Crippen molar-refractivity contribution in [2.45, 2.75) is 26.3 Å². The molecule has 4 nitrogen and oxygen atoms in total. The van der Waals surface area contributed by atoms with Crippen molar-refractivity contribution in [2.75, 3.05) is 6.54 Å². The van der Waals surface area contributed by atoms with Crippen molar-refractivity contribution in [1.82, 2.24) is 10.3 Å². The van der Waals surface area contributed by atoms with Gasteiger partial charge >= 0.3 is 5.76 Å². The van der Waals surface area contributed by atoms with Gasteiger partial charge in [0.05, 0.1) is 5.52 Å². The first kappa shape index (κ1) is 11.0. The molecule has 0 bridgehead atoms. The summed E-state index contributed by atoms with van der Waals surface area (Å²) in [6.07, 6.45) is 0.934. The summed E-state index contributed by atoms with van der Waals surface area (Å²) in [6.45, 7) is 5.17. The lowest BCUT2D eigenvalue weighted by molar-refractivity contribution is 0.554. The van der Waals surface area contributed by atoms with Crippen LogP contribution in [-0.2, 0) is 6.42 Å². The number of benzene rings is 1. The summed E-state index contributed by atoms with van der Waals surface area (Å²) in [6, 6.07) is 6.30. The fourth-order valence-corrected chi connectivity index (χ4v) is 1.65. The Morgan fingerprint density at radius 2 is 2.25 bits per heavy atom. The number of H-pyrrole nitrogens is 1. The lowest BCUT2D eigenvalue weighted by Gasteiger charge is -2.07. The molecule has 0 amide bonds. The summed E-state index contributed by atoms with van der Waals surface area (Å²) in [7, 11) is 0. The highest BCUT2D eigenvalue weighted by Gasteiger charge is 2.02. The highest BCUT2D eigenvalue weighted by Crippen LogP contribution is 2.12. The number of nitrogens with one attached hydrogen (secondary N) is 2. The summed E-state index contributed by atoms with van der Waals surface area (Å²) < 4.78 is 5.00. The molecule has 2 rings (SSSR count). The van der Waals surface area contributed by atoms with E-state index in [1.54, 1.807) is 0 Å². The quantitative estimate of drug-likeness (QED) is 0.823. The molecule has 0 saturated carbocycles. The summed E-state index contributed by atoms with van der Waals surface area (Å²) in [5, 5.41) is 3.35. The van der Waals surface area contributed by atoms with Crippen LogP contribution in [0.2, 0.25) is 0 Å². The largest absolute Gasteiger partial charge is 0.417 e. The predicted molar refractivity (Wildman–Crippen MR) is 63.7 cm³/mol. The van der Waals surface area contributed by atoms with E-state index in [-0.39, 0.29) is 0 Å². The zero-order valence-corrected chi connectivity index (χ0v) is 9.54. The van der Waals surface area contributed by atoms with Gasteiger partial charge in [0.25, 0.3) is 0 Å². The van der Waals surface area contributed by atoms with Gasteiger partial charge in [0.15, 0.2) is 5.58 Å². The smallest absolute Gasteiger partial charge is 0.408 e. The van der Waals surface area contributed by atoms with Crippen LogP contribution in [-0.4, -0.2) is 17.6 Å². The number of aromatic amines is 1. The van der Waals surface area contributed by atoms with E-state index in [4.69, 9.17) is 4.42 Å². The minimum Gasteiger partial charge on any atom is -0.408 e. The Balaban J connectivity index is 2.10. The third-order valence-corrected chi connectivity index (χ3v) is 2.45. The van der Waals surface area contributed by atoms with Gasteiger partial charge in [0, 0.05) is 6.04 Å². The Bertz CT molecular complexity index is 525. The molecule has 0 fully saturated rings. The SMILES string of the molecule is CC(C)NCCc1ccc2[nH]c(=O)oc2c1. The molecule has 16 heavy (non-hydrogen) atoms. The molecule has 0 radical (unpaired) electrons. The van der Waals surface area contributed by atoms with E-state index >= 15 is 0 Å². The monoisotopic (exact) mass is 220 g/mol. The second-order valence-corrected chi connectivity index (χ2v) is 4.20. The third kappa shape index (κ3) is 2.52. The van der Waals surface area contributed by atoms with Crippen molar-refractivity contribution in [2.24, 2.45) is 0 Å². The zero-order valence-electron chi connectivity index (χ0n) is 9.54. The summed E-state index contributed by atoms with van der Waals surface area (Å²) in [5.41, 5.74) is 2.56. The maximum absolute atomic E-state index is 11.0. The molecule has 0 unspecified atom stereocenters. The van der Waals surface area contributed by atoms with Gasteiger partial charge in [-0.15, -0.1) is 0 Å². The first-order chi connectivity index (χ1) is 7.65. The predicted octanol–water partition coefficient (Wildman–Crippen LogP) is 1.66. The van der Waals surface area contributed by atoms with E-state index in [2.05, 4.69) is 24.1 Å². The summed E-state index contributed by atoms with van der Waals surface area (Å²) in [5.74, 6) is -0.396. The van der Waals surface area contributed by atoms with Crippen LogP contribution in [0.5, 0.6) is 0 Å². The van der Waals surface area contributed by atoms with Crippen molar-refractivity contribution in [3.8, 4) is 0 Å². The minimum atomic E-state index is -0.396. The molecule has 1 heterocycles. The van der Waals surface area contributed by atoms with Crippen LogP contribution in [0, 0.1) is 0 Å².